The lowest BCUT2D eigenvalue weighted by molar-refractivity contribution is -0.122. The first-order chi connectivity index (χ1) is 14.7. The van der Waals surface area contributed by atoms with Gasteiger partial charge >= 0.3 is 0 Å². The average Bonchev–Trinajstić information content (AvgIpc) is 3.17. The van der Waals surface area contributed by atoms with Crippen molar-refractivity contribution in [3.63, 3.8) is 0 Å². The SMILES string of the molecule is CC[C@H](Oc1ccc(N(C)S(C)(=O)=O)cc1)C(=O)Nc1ccc(N2CCCC2=O)cc1. The van der Waals surface area contributed by atoms with E-state index < -0.39 is 16.1 Å². The lowest BCUT2D eigenvalue weighted by Crippen LogP contribution is -2.32. The van der Waals surface area contributed by atoms with Gasteiger partial charge in [0, 0.05) is 31.4 Å². The molecule has 1 saturated heterocycles. The number of nitrogens with one attached hydrogen (secondary N) is 1. The molecule has 2 aromatic rings. The molecule has 2 amide bonds. The Bertz CT molecular complexity index is 1040. The van der Waals surface area contributed by atoms with Crippen molar-refractivity contribution in [2.45, 2.75) is 32.3 Å². The first-order valence-corrected chi connectivity index (χ1v) is 12.0. The van der Waals surface area contributed by atoms with E-state index in [0.717, 1.165) is 24.9 Å². The first-order valence-electron chi connectivity index (χ1n) is 10.1. The summed E-state index contributed by atoms with van der Waals surface area (Å²) in [7, 11) is -1.88. The summed E-state index contributed by atoms with van der Waals surface area (Å²) in [5.74, 6) is 0.297. The predicted molar refractivity (Wildman–Crippen MR) is 121 cm³/mol. The van der Waals surface area contributed by atoms with Gasteiger partial charge in [0.1, 0.15) is 5.75 Å². The molecule has 0 aliphatic carbocycles. The van der Waals surface area contributed by atoms with E-state index >= 15 is 0 Å². The number of sulfonamides is 1. The van der Waals surface area contributed by atoms with E-state index in [1.807, 2.05) is 19.1 Å². The normalized spacial score (nSPS) is 14.9. The monoisotopic (exact) mass is 445 g/mol. The molecule has 166 valence electrons. The zero-order valence-corrected chi connectivity index (χ0v) is 18.7. The van der Waals surface area contributed by atoms with E-state index in [9.17, 15) is 18.0 Å². The molecular weight excluding hydrogens is 418 g/mol. The van der Waals surface area contributed by atoms with Crippen LogP contribution in [0.3, 0.4) is 0 Å². The smallest absolute Gasteiger partial charge is 0.265 e. The van der Waals surface area contributed by atoms with Crippen molar-refractivity contribution in [3.8, 4) is 5.75 Å². The van der Waals surface area contributed by atoms with Crippen molar-refractivity contribution in [3.05, 3.63) is 48.5 Å². The molecule has 8 nitrogen and oxygen atoms in total. The van der Waals surface area contributed by atoms with Crippen molar-refractivity contribution in [1.29, 1.82) is 0 Å². The molecule has 1 fully saturated rings. The van der Waals surface area contributed by atoms with Gasteiger partial charge in [-0.2, -0.15) is 0 Å². The number of carbonyl (C=O) groups excluding carboxylic acids is 2. The van der Waals surface area contributed by atoms with Gasteiger partial charge in [0.05, 0.1) is 11.9 Å². The molecule has 1 aliphatic rings. The van der Waals surface area contributed by atoms with Gasteiger partial charge < -0.3 is 15.0 Å². The molecule has 1 aliphatic heterocycles. The molecule has 0 aromatic heterocycles. The number of ether oxygens (including phenoxy) is 1. The molecular formula is C22H27N3O5S. The highest BCUT2D eigenvalue weighted by atomic mass is 32.2. The second-order valence-corrected chi connectivity index (χ2v) is 9.44. The Balaban J connectivity index is 1.62. The maximum Gasteiger partial charge on any atom is 0.265 e. The topological polar surface area (TPSA) is 96.0 Å². The summed E-state index contributed by atoms with van der Waals surface area (Å²) in [4.78, 5) is 26.3. The molecule has 1 atom stereocenters. The van der Waals surface area contributed by atoms with Gasteiger partial charge in [-0.05, 0) is 61.4 Å². The van der Waals surface area contributed by atoms with Crippen molar-refractivity contribution in [1.82, 2.24) is 0 Å². The fraction of sp³-hybridized carbons (Fsp3) is 0.364. The fourth-order valence-electron chi connectivity index (χ4n) is 3.28. The summed E-state index contributed by atoms with van der Waals surface area (Å²) in [5, 5.41) is 2.84. The molecule has 0 bridgehead atoms. The molecule has 0 spiro atoms. The number of benzene rings is 2. The van der Waals surface area contributed by atoms with E-state index in [1.54, 1.807) is 41.3 Å². The maximum atomic E-state index is 12.7. The van der Waals surface area contributed by atoms with E-state index in [2.05, 4.69) is 5.32 Å². The Morgan fingerprint density at radius 3 is 2.32 bits per heavy atom. The summed E-state index contributed by atoms with van der Waals surface area (Å²) in [6, 6.07) is 13.7. The molecule has 1 N–H and O–H groups in total. The first kappa shape index (κ1) is 22.6. The summed E-state index contributed by atoms with van der Waals surface area (Å²) >= 11 is 0. The molecule has 3 rings (SSSR count). The van der Waals surface area contributed by atoms with Crippen LogP contribution in [0.1, 0.15) is 26.2 Å². The molecule has 0 unspecified atom stereocenters. The van der Waals surface area contributed by atoms with E-state index in [4.69, 9.17) is 4.74 Å². The van der Waals surface area contributed by atoms with Crippen molar-refractivity contribution >= 4 is 38.9 Å². The number of carbonyl (C=O) groups is 2. The van der Waals surface area contributed by atoms with Crippen LogP contribution in [0.2, 0.25) is 0 Å². The van der Waals surface area contributed by atoms with Crippen LogP contribution in [-0.4, -0.2) is 46.2 Å². The molecule has 9 heteroatoms. The van der Waals surface area contributed by atoms with Crippen LogP contribution < -0.4 is 19.3 Å². The van der Waals surface area contributed by atoms with Crippen LogP contribution in [0.4, 0.5) is 17.1 Å². The van der Waals surface area contributed by atoms with Gasteiger partial charge in [0.15, 0.2) is 6.10 Å². The lowest BCUT2D eigenvalue weighted by atomic mass is 10.2. The van der Waals surface area contributed by atoms with Crippen LogP contribution in [0, 0.1) is 0 Å². The van der Waals surface area contributed by atoms with Gasteiger partial charge in [-0.25, -0.2) is 8.42 Å². The van der Waals surface area contributed by atoms with E-state index in [1.165, 1.54) is 11.4 Å². The van der Waals surface area contributed by atoms with Crippen LogP contribution in [0.15, 0.2) is 48.5 Å². The van der Waals surface area contributed by atoms with Gasteiger partial charge in [0.25, 0.3) is 5.91 Å². The Kier molecular flexibility index (Phi) is 6.84. The Labute approximate surface area is 182 Å². The number of hydrogen-bond acceptors (Lipinski definition) is 5. The van der Waals surface area contributed by atoms with Gasteiger partial charge in [-0.1, -0.05) is 6.92 Å². The van der Waals surface area contributed by atoms with Crippen molar-refractivity contribution in [2.24, 2.45) is 0 Å². The Hall–Kier alpha value is -3.07. The predicted octanol–water partition coefficient (Wildman–Crippen LogP) is 3.01. The second-order valence-electron chi connectivity index (χ2n) is 7.42. The number of nitrogens with zero attached hydrogens (tertiary/aromatic N) is 2. The summed E-state index contributed by atoms with van der Waals surface area (Å²) in [5.41, 5.74) is 1.94. The highest BCUT2D eigenvalue weighted by molar-refractivity contribution is 7.92. The quantitative estimate of drug-likeness (QED) is 0.674. The molecule has 1 heterocycles. The largest absolute Gasteiger partial charge is 0.481 e. The standard InChI is InChI=1S/C22H27N3O5S/c1-4-20(30-19-13-11-17(12-14-19)24(2)31(3,28)29)22(27)23-16-7-9-18(10-8-16)25-15-5-6-21(25)26/h7-14,20H,4-6,15H2,1-3H3,(H,23,27)/t20-/m0/s1. The van der Waals surface area contributed by atoms with Crippen LogP contribution in [-0.2, 0) is 19.6 Å². The third kappa shape index (κ3) is 5.55. The number of rotatable bonds is 8. The zero-order chi connectivity index (χ0) is 22.6. The summed E-state index contributed by atoms with van der Waals surface area (Å²) in [6.45, 7) is 2.56. The summed E-state index contributed by atoms with van der Waals surface area (Å²) < 4.78 is 30.2. The minimum absolute atomic E-state index is 0.116. The maximum absolute atomic E-state index is 12.7. The van der Waals surface area contributed by atoms with Crippen molar-refractivity contribution in [2.75, 3.05) is 34.4 Å². The van der Waals surface area contributed by atoms with E-state index in [0.29, 0.717) is 30.0 Å². The average molecular weight is 446 g/mol. The third-order valence-corrected chi connectivity index (χ3v) is 6.37. The van der Waals surface area contributed by atoms with Crippen molar-refractivity contribution < 1.29 is 22.7 Å². The van der Waals surface area contributed by atoms with Crippen LogP contribution in [0.25, 0.3) is 0 Å². The highest BCUT2D eigenvalue weighted by Crippen LogP contribution is 2.24. The van der Waals surface area contributed by atoms with Gasteiger partial charge in [0.2, 0.25) is 15.9 Å². The number of anilines is 3. The minimum Gasteiger partial charge on any atom is -0.481 e. The second kappa shape index (κ2) is 9.38. The lowest BCUT2D eigenvalue weighted by Gasteiger charge is -2.20. The third-order valence-electron chi connectivity index (χ3n) is 5.16. The number of hydrogen-bond donors (Lipinski definition) is 1. The highest BCUT2D eigenvalue weighted by Gasteiger charge is 2.22. The van der Waals surface area contributed by atoms with Gasteiger partial charge in [-0.3, -0.25) is 13.9 Å². The molecule has 2 aromatic carbocycles. The molecule has 31 heavy (non-hydrogen) atoms. The fourth-order valence-corrected chi connectivity index (χ4v) is 3.79. The van der Waals surface area contributed by atoms with E-state index in [-0.39, 0.29) is 11.8 Å². The minimum atomic E-state index is -3.35. The summed E-state index contributed by atoms with van der Waals surface area (Å²) in [6.07, 6.45) is 2.30. The van der Waals surface area contributed by atoms with Crippen LogP contribution in [0.5, 0.6) is 5.75 Å². The van der Waals surface area contributed by atoms with Crippen LogP contribution >= 0.6 is 0 Å². The molecule has 0 radical (unpaired) electrons. The van der Waals surface area contributed by atoms with Gasteiger partial charge in [-0.15, -0.1) is 0 Å². The Morgan fingerprint density at radius 2 is 1.81 bits per heavy atom. The number of amides is 2. The Morgan fingerprint density at radius 1 is 1.16 bits per heavy atom. The molecule has 0 saturated carbocycles. The zero-order valence-electron chi connectivity index (χ0n) is 17.9.